The molecule has 2 heterocycles. The molecule has 0 radical (unpaired) electrons. The topological polar surface area (TPSA) is 77.5 Å². The number of hydrogen-bond donors (Lipinski definition) is 1. The Hall–Kier alpha value is -3.67. The summed E-state index contributed by atoms with van der Waals surface area (Å²) in [6.45, 7) is 5.82. The van der Waals surface area contributed by atoms with Crippen LogP contribution in [0.1, 0.15) is 42.3 Å². The molecule has 1 atom stereocenters. The lowest BCUT2D eigenvalue weighted by molar-refractivity contribution is -0.157. The summed E-state index contributed by atoms with van der Waals surface area (Å²) in [6.07, 6.45) is 3.86. The number of ether oxygens (including phenoxy) is 2. The van der Waals surface area contributed by atoms with Gasteiger partial charge in [0, 0.05) is 35.5 Å². The fraction of sp³-hybridized carbons (Fsp3) is 0.269. The Morgan fingerprint density at radius 2 is 1.88 bits per heavy atom. The van der Waals surface area contributed by atoms with Crippen molar-refractivity contribution in [3.63, 3.8) is 0 Å². The van der Waals surface area contributed by atoms with Crippen molar-refractivity contribution in [1.29, 1.82) is 0 Å². The highest BCUT2D eigenvalue weighted by Gasteiger charge is 2.28. The lowest BCUT2D eigenvalue weighted by Crippen LogP contribution is -2.45. The molecule has 0 saturated heterocycles. The molecule has 1 N–H and O–H groups in total. The van der Waals surface area contributed by atoms with E-state index in [4.69, 9.17) is 9.47 Å². The number of hydrogen-bond acceptors (Lipinski definition) is 5. The molecule has 4 rings (SSSR count). The minimum absolute atomic E-state index is 0.337. The number of rotatable bonds is 5. The molecular weight excluding hydrogens is 404 g/mol. The van der Waals surface area contributed by atoms with Crippen LogP contribution in [0.3, 0.4) is 0 Å². The van der Waals surface area contributed by atoms with E-state index in [-0.39, 0.29) is 5.91 Å². The average molecular weight is 431 g/mol. The Bertz CT molecular complexity index is 1140. The van der Waals surface area contributed by atoms with Crippen LogP contribution in [0.2, 0.25) is 0 Å². The summed E-state index contributed by atoms with van der Waals surface area (Å²) >= 11 is 0. The normalized spacial score (nSPS) is 13.2. The molecule has 2 aromatic carbocycles. The van der Waals surface area contributed by atoms with Crippen LogP contribution in [0.5, 0.6) is 5.75 Å². The molecule has 32 heavy (non-hydrogen) atoms. The second kappa shape index (κ2) is 8.83. The highest BCUT2D eigenvalue weighted by Crippen LogP contribution is 2.37. The van der Waals surface area contributed by atoms with Gasteiger partial charge in [-0.2, -0.15) is 0 Å². The predicted octanol–water partition coefficient (Wildman–Crippen LogP) is 4.32. The molecule has 0 aliphatic carbocycles. The van der Waals surface area contributed by atoms with Crippen molar-refractivity contribution >= 4 is 11.9 Å². The van der Waals surface area contributed by atoms with Gasteiger partial charge in [0.2, 0.25) is 0 Å². The van der Waals surface area contributed by atoms with Gasteiger partial charge >= 0.3 is 5.97 Å². The number of benzene rings is 2. The summed E-state index contributed by atoms with van der Waals surface area (Å²) in [5, 5.41) is 2.85. The molecule has 1 aliphatic rings. The van der Waals surface area contributed by atoms with Crippen LogP contribution in [0.25, 0.3) is 11.1 Å². The minimum Gasteiger partial charge on any atom is -0.488 e. The number of esters is 1. The van der Waals surface area contributed by atoms with Crippen LogP contribution in [-0.4, -0.2) is 28.5 Å². The Morgan fingerprint density at radius 1 is 1.09 bits per heavy atom. The van der Waals surface area contributed by atoms with Gasteiger partial charge in [-0.05, 0) is 56.2 Å². The summed E-state index contributed by atoms with van der Waals surface area (Å²) in [7, 11) is 0. The molecule has 1 aromatic heterocycles. The van der Waals surface area contributed by atoms with Crippen molar-refractivity contribution in [3.8, 4) is 16.9 Å². The molecule has 0 fully saturated rings. The number of pyridine rings is 1. The van der Waals surface area contributed by atoms with E-state index < -0.39 is 17.6 Å². The summed E-state index contributed by atoms with van der Waals surface area (Å²) in [4.78, 5) is 30.0. The maximum absolute atomic E-state index is 13.1. The van der Waals surface area contributed by atoms with E-state index in [1.807, 2.05) is 42.5 Å². The second-order valence-electron chi connectivity index (χ2n) is 8.78. The summed E-state index contributed by atoms with van der Waals surface area (Å²) in [6, 6.07) is 16.0. The van der Waals surface area contributed by atoms with Crippen LogP contribution in [0, 0.1) is 0 Å². The SMILES string of the molecule is CC(C)(C)OC(=O)[C@@H](Cc1ccccc1)NC(=O)c1ccc2c(c1)OCc1cnccc1-2. The molecule has 3 aromatic rings. The molecule has 0 spiro atoms. The molecule has 1 amide bonds. The molecule has 1 aliphatic heterocycles. The zero-order chi connectivity index (χ0) is 22.7. The fourth-order valence-corrected chi connectivity index (χ4v) is 3.62. The average Bonchev–Trinajstić information content (AvgIpc) is 2.77. The summed E-state index contributed by atoms with van der Waals surface area (Å²) in [5.74, 6) is -0.192. The third-order valence-corrected chi connectivity index (χ3v) is 5.10. The molecular formula is C26H26N2O4. The highest BCUT2D eigenvalue weighted by molar-refractivity contribution is 5.98. The van der Waals surface area contributed by atoms with E-state index in [1.165, 1.54) is 0 Å². The number of aromatic nitrogens is 1. The number of fused-ring (bicyclic) bond motifs is 3. The maximum atomic E-state index is 13.1. The number of nitrogens with zero attached hydrogens (tertiary/aromatic N) is 1. The molecule has 0 saturated carbocycles. The van der Waals surface area contributed by atoms with Gasteiger partial charge in [0.1, 0.15) is 24.0 Å². The third-order valence-electron chi connectivity index (χ3n) is 5.10. The highest BCUT2D eigenvalue weighted by atomic mass is 16.6. The van der Waals surface area contributed by atoms with E-state index in [0.29, 0.717) is 24.3 Å². The quantitative estimate of drug-likeness (QED) is 0.610. The maximum Gasteiger partial charge on any atom is 0.329 e. The first kappa shape index (κ1) is 21.6. The largest absolute Gasteiger partial charge is 0.488 e. The van der Waals surface area contributed by atoms with E-state index in [2.05, 4.69) is 10.3 Å². The van der Waals surface area contributed by atoms with Crippen molar-refractivity contribution in [2.24, 2.45) is 0 Å². The van der Waals surface area contributed by atoms with Crippen LogP contribution in [0.15, 0.2) is 67.0 Å². The number of carbonyl (C=O) groups excluding carboxylic acids is 2. The van der Waals surface area contributed by atoms with Crippen molar-refractivity contribution in [2.75, 3.05) is 0 Å². The summed E-state index contributed by atoms with van der Waals surface area (Å²) < 4.78 is 11.4. The molecule has 0 unspecified atom stereocenters. The summed E-state index contributed by atoms with van der Waals surface area (Å²) in [5.41, 5.74) is 3.66. The van der Waals surface area contributed by atoms with E-state index in [0.717, 1.165) is 22.3 Å². The lowest BCUT2D eigenvalue weighted by atomic mass is 9.97. The fourth-order valence-electron chi connectivity index (χ4n) is 3.62. The smallest absolute Gasteiger partial charge is 0.329 e. The zero-order valence-corrected chi connectivity index (χ0v) is 18.4. The van der Waals surface area contributed by atoms with Crippen molar-refractivity contribution < 1.29 is 19.1 Å². The van der Waals surface area contributed by atoms with Gasteiger partial charge in [-0.3, -0.25) is 9.78 Å². The Morgan fingerprint density at radius 3 is 2.62 bits per heavy atom. The van der Waals surface area contributed by atoms with Crippen LogP contribution in [0.4, 0.5) is 0 Å². The number of nitrogens with one attached hydrogen (secondary N) is 1. The first-order valence-corrected chi connectivity index (χ1v) is 10.6. The van der Waals surface area contributed by atoms with Gasteiger partial charge in [-0.25, -0.2) is 4.79 Å². The monoisotopic (exact) mass is 430 g/mol. The van der Waals surface area contributed by atoms with Gasteiger partial charge in [-0.1, -0.05) is 30.3 Å². The van der Waals surface area contributed by atoms with Gasteiger partial charge in [0.15, 0.2) is 0 Å². The zero-order valence-electron chi connectivity index (χ0n) is 18.4. The van der Waals surface area contributed by atoms with Gasteiger partial charge in [-0.15, -0.1) is 0 Å². The van der Waals surface area contributed by atoms with E-state index >= 15 is 0 Å². The Kier molecular flexibility index (Phi) is 5.95. The molecule has 6 heteroatoms. The van der Waals surface area contributed by atoms with E-state index in [1.54, 1.807) is 45.3 Å². The molecule has 0 bridgehead atoms. The van der Waals surface area contributed by atoms with Crippen LogP contribution < -0.4 is 10.1 Å². The predicted molar refractivity (Wildman–Crippen MR) is 121 cm³/mol. The van der Waals surface area contributed by atoms with Gasteiger partial charge in [0.25, 0.3) is 5.91 Å². The van der Waals surface area contributed by atoms with Crippen LogP contribution in [-0.2, 0) is 22.6 Å². The third kappa shape index (κ3) is 4.97. The van der Waals surface area contributed by atoms with Crippen molar-refractivity contribution in [1.82, 2.24) is 10.3 Å². The van der Waals surface area contributed by atoms with Crippen LogP contribution >= 0.6 is 0 Å². The standard InChI is InChI=1S/C26H26N2O4/c1-26(2,3)32-25(30)22(13-17-7-5-4-6-8-17)28-24(29)18-9-10-21-20-11-12-27-15-19(20)16-31-23(21)14-18/h4-12,14-15,22H,13,16H2,1-3H3,(H,28,29)/t22-/m1/s1. The molecule has 6 nitrogen and oxygen atoms in total. The molecule has 164 valence electrons. The van der Waals surface area contributed by atoms with E-state index in [9.17, 15) is 9.59 Å². The minimum atomic E-state index is -0.812. The van der Waals surface area contributed by atoms with Crippen molar-refractivity contribution in [3.05, 3.63) is 83.7 Å². The number of carbonyl (C=O) groups is 2. The first-order chi connectivity index (χ1) is 15.3. The second-order valence-corrected chi connectivity index (χ2v) is 8.78. The van der Waals surface area contributed by atoms with Crippen molar-refractivity contribution in [2.45, 2.75) is 45.4 Å². The van der Waals surface area contributed by atoms with Gasteiger partial charge < -0.3 is 14.8 Å². The lowest BCUT2D eigenvalue weighted by Gasteiger charge is -2.25. The van der Waals surface area contributed by atoms with Gasteiger partial charge in [0.05, 0.1) is 0 Å². The Labute approximate surface area is 187 Å². The Balaban J connectivity index is 1.56. The number of amides is 1. The first-order valence-electron chi connectivity index (χ1n) is 10.6.